The Morgan fingerprint density at radius 3 is 2.91 bits per heavy atom. The summed E-state index contributed by atoms with van der Waals surface area (Å²) in [5.74, 6) is 0.612. The average molecular weight is 451 g/mol. The summed E-state index contributed by atoms with van der Waals surface area (Å²) in [5, 5.41) is 16.1. The summed E-state index contributed by atoms with van der Waals surface area (Å²) in [4.78, 5) is 24.7. The molecule has 0 spiro atoms. The number of nitrogens with one attached hydrogen (secondary N) is 1. The molecule has 5 rings (SSSR count). The second-order valence-electron chi connectivity index (χ2n) is 7.64. The minimum absolute atomic E-state index is 0.00596. The maximum Gasteiger partial charge on any atom is 0.257 e. The maximum absolute atomic E-state index is 12.7. The number of nitrogens with zero attached hydrogens (tertiary/aromatic N) is 8. The Morgan fingerprint density at radius 2 is 2.09 bits per heavy atom. The van der Waals surface area contributed by atoms with Gasteiger partial charge in [0, 0.05) is 24.3 Å². The normalized spacial score (nSPS) is 13.7. The highest BCUT2D eigenvalue weighted by Gasteiger charge is 2.31. The first kappa shape index (κ1) is 20.7. The van der Waals surface area contributed by atoms with E-state index in [2.05, 4.69) is 30.6 Å². The number of carbonyl (C=O) groups excluding carboxylic acids is 1. The van der Waals surface area contributed by atoms with Crippen molar-refractivity contribution in [1.29, 1.82) is 0 Å². The maximum atomic E-state index is 12.7. The molecule has 0 saturated heterocycles. The summed E-state index contributed by atoms with van der Waals surface area (Å²) < 4.78 is 26.6. The molecule has 4 heterocycles. The van der Waals surface area contributed by atoms with Crippen LogP contribution in [0, 0.1) is 6.92 Å². The Balaban J connectivity index is 1.51. The number of halogens is 2. The average Bonchev–Trinajstić information content (AvgIpc) is 3.24. The van der Waals surface area contributed by atoms with Crippen LogP contribution in [0.2, 0.25) is 0 Å². The van der Waals surface area contributed by atoms with E-state index in [0.717, 1.165) is 26.8 Å². The zero-order valence-corrected chi connectivity index (χ0v) is 17.8. The molecule has 10 nitrogen and oxygen atoms in total. The number of aryl methyl sites for hydroxylation is 1. The number of alkyl halides is 2. The van der Waals surface area contributed by atoms with Crippen LogP contribution in [0.25, 0.3) is 10.9 Å². The molecule has 168 valence electrons. The molecule has 0 radical (unpaired) electrons. The van der Waals surface area contributed by atoms with Gasteiger partial charge in [0.05, 0.1) is 29.8 Å². The number of hydrogen-bond acceptors (Lipinski definition) is 8. The lowest BCUT2D eigenvalue weighted by Gasteiger charge is -2.33. The monoisotopic (exact) mass is 451 g/mol. The van der Waals surface area contributed by atoms with Gasteiger partial charge in [-0.3, -0.25) is 9.48 Å². The summed E-state index contributed by atoms with van der Waals surface area (Å²) in [7, 11) is 1.64. The number of rotatable bonds is 5. The summed E-state index contributed by atoms with van der Waals surface area (Å²) in [6.45, 7) is 1.40. The van der Waals surface area contributed by atoms with E-state index in [-0.39, 0.29) is 12.5 Å². The van der Waals surface area contributed by atoms with E-state index in [1.807, 2.05) is 25.1 Å². The van der Waals surface area contributed by atoms with Crippen molar-refractivity contribution in [3.8, 4) is 0 Å². The van der Waals surface area contributed by atoms with Crippen LogP contribution < -0.4 is 15.1 Å². The third kappa shape index (κ3) is 3.90. The van der Waals surface area contributed by atoms with Gasteiger partial charge in [-0.1, -0.05) is 0 Å². The minimum atomic E-state index is -2.53. The largest absolute Gasteiger partial charge is 0.324 e. The highest BCUT2D eigenvalue weighted by Crippen LogP contribution is 2.36. The Hall–Kier alpha value is -4.22. The van der Waals surface area contributed by atoms with Gasteiger partial charge in [-0.15, -0.1) is 0 Å². The van der Waals surface area contributed by atoms with Crippen molar-refractivity contribution in [2.75, 3.05) is 28.7 Å². The SMILES string of the molecule is Cc1cc2nnccc2cc1Nc1ncc2c(n1)N(c1cnn(CC(F)F)c1)CC(=O)N2C. The van der Waals surface area contributed by atoms with E-state index in [9.17, 15) is 13.6 Å². The van der Waals surface area contributed by atoms with Crippen molar-refractivity contribution in [1.82, 2.24) is 29.9 Å². The van der Waals surface area contributed by atoms with Gasteiger partial charge < -0.3 is 15.1 Å². The fourth-order valence-electron chi connectivity index (χ4n) is 3.65. The number of amides is 1. The van der Waals surface area contributed by atoms with Crippen LogP contribution >= 0.6 is 0 Å². The molecule has 0 saturated carbocycles. The lowest BCUT2D eigenvalue weighted by atomic mass is 10.1. The smallest absolute Gasteiger partial charge is 0.257 e. The minimum Gasteiger partial charge on any atom is -0.324 e. The first-order valence-corrected chi connectivity index (χ1v) is 10.1. The topological polar surface area (TPSA) is 105 Å². The molecular formula is C21H19F2N9O. The molecular weight excluding hydrogens is 432 g/mol. The second kappa shape index (κ2) is 8.04. The van der Waals surface area contributed by atoms with Crippen LogP contribution in [0.15, 0.2) is 43.0 Å². The highest BCUT2D eigenvalue weighted by atomic mass is 19.3. The van der Waals surface area contributed by atoms with Gasteiger partial charge in [0.2, 0.25) is 11.9 Å². The molecule has 0 fully saturated rings. The molecule has 1 N–H and O–H groups in total. The Morgan fingerprint density at radius 1 is 1.24 bits per heavy atom. The van der Waals surface area contributed by atoms with Crippen molar-refractivity contribution in [3.05, 3.63) is 48.5 Å². The quantitative estimate of drug-likeness (QED) is 0.494. The van der Waals surface area contributed by atoms with Gasteiger partial charge in [-0.25, -0.2) is 13.8 Å². The first-order valence-electron chi connectivity index (χ1n) is 10.1. The van der Waals surface area contributed by atoms with Crippen molar-refractivity contribution >= 4 is 45.6 Å². The number of carbonyl (C=O) groups is 1. The Labute approximate surface area is 186 Å². The zero-order valence-electron chi connectivity index (χ0n) is 17.8. The van der Waals surface area contributed by atoms with E-state index in [0.29, 0.717) is 23.1 Å². The standard InChI is InChI=1S/C21H19F2N9O/c1-12-5-16-13(3-4-25-29-16)6-15(12)27-21-24-8-17-20(28-21)32(11-19(33)30(17)2)14-7-26-31(9-14)10-18(22)23/h3-9,18H,10-11H2,1-2H3,(H,24,27,28). The summed E-state index contributed by atoms with van der Waals surface area (Å²) in [5.41, 5.74) is 3.50. The van der Waals surface area contributed by atoms with Gasteiger partial charge in [-0.2, -0.15) is 20.3 Å². The van der Waals surface area contributed by atoms with Crippen LogP contribution in [0.4, 0.5) is 37.6 Å². The first-order chi connectivity index (χ1) is 15.9. The summed E-state index contributed by atoms with van der Waals surface area (Å²) in [6, 6.07) is 5.71. The molecule has 3 aromatic heterocycles. The molecule has 1 aliphatic heterocycles. The molecule has 0 bridgehead atoms. The Bertz CT molecular complexity index is 1360. The van der Waals surface area contributed by atoms with Crippen LogP contribution in [0.5, 0.6) is 0 Å². The van der Waals surface area contributed by atoms with Crippen molar-refractivity contribution < 1.29 is 13.6 Å². The molecule has 1 aromatic carbocycles. The van der Waals surface area contributed by atoms with Crippen LogP contribution in [0.1, 0.15) is 5.56 Å². The molecule has 33 heavy (non-hydrogen) atoms. The van der Waals surface area contributed by atoms with Gasteiger partial charge in [0.1, 0.15) is 18.8 Å². The molecule has 4 aromatic rings. The van der Waals surface area contributed by atoms with E-state index < -0.39 is 13.0 Å². The van der Waals surface area contributed by atoms with Crippen molar-refractivity contribution in [2.45, 2.75) is 19.9 Å². The highest BCUT2D eigenvalue weighted by molar-refractivity contribution is 6.03. The number of likely N-dealkylation sites (N-methyl/N-ethyl adjacent to an activating group) is 1. The number of benzene rings is 1. The molecule has 12 heteroatoms. The second-order valence-corrected chi connectivity index (χ2v) is 7.64. The number of aromatic nitrogens is 6. The van der Waals surface area contributed by atoms with Gasteiger partial charge >= 0.3 is 0 Å². The molecule has 0 unspecified atom stereocenters. The predicted molar refractivity (Wildman–Crippen MR) is 118 cm³/mol. The molecule has 1 aliphatic rings. The molecule has 0 aliphatic carbocycles. The summed E-state index contributed by atoms with van der Waals surface area (Å²) >= 11 is 0. The predicted octanol–water partition coefficient (Wildman–Crippen LogP) is 3.05. The van der Waals surface area contributed by atoms with Crippen molar-refractivity contribution in [3.63, 3.8) is 0 Å². The van der Waals surface area contributed by atoms with E-state index in [1.54, 1.807) is 24.3 Å². The molecule has 1 amide bonds. The Kier molecular flexibility index (Phi) is 5.04. The molecule has 0 atom stereocenters. The fraction of sp³-hybridized carbons (Fsp3) is 0.238. The van der Waals surface area contributed by atoms with E-state index >= 15 is 0 Å². The van der Waals surface area contributed by atoms with Gasteiger partial charge in [0.25, 0.3) is 6.43 Å². The lowest BCUT2D eigenvalue weighted by molar-refractivity contribution is -0.117. The third-order valence-corrected chi connectivity index (χ3v) is 5.40. The fourth-order valence-corrected chi connectivity index (χ4v) is 3.65. The zero-order chi connectivity index (χ0) is 23.1. The van der Waals surface area contributed by atoms with Gasteiger partial charge in [-0.05, 0) is 30.7 Å². The number of anilines is 5. The van der Waals surface area contributed by atoms with Crippen molar-refractivity contribution in [2.24, 2.45) is 0 Å². The van der Waals surface area contributed by atoms with Crippen LogP contribution in [0.3, 0.4) is 0 Å². The third-order valence-electron chi connectivity index (χ3n) is 5.40. The van der Waals surface area contributed by atoms with Crippen LogP contribution in [-0.4, -0.2) is 55.9 Å². The van der Waals surface area contributed by atoms with E-state index in [4.69, 9.17) is 0 Å². The lowest BCUT2D eigenvalue weighted by Crippen LogP contribution is -2.42. The number of fused-ring (bicyclic) bond motifs is 2. The number of hydrogen-bond donors (Lipinski definition) is 1. The van der Waals surface area contributed by atoms with Crippen LogP contribution in [-0.2, 0) is 11.3 Å². The van der Waals surface area contributed by atoms with Gasteiger partial charge in [0.15, 0.2) is 5.82 Å². The summed E-state index contributed by atoms with van der Waals surface area (Å²) in [6.07, 6.45) is 3.55. The van der Waals surface area contributed by atoms with E-state index in [1.165, 1.54) is 17.3 Å².